The minimum atomic E-state index is -3.84. The second-order valence-corrected chi connectivity index (χ2v) is 6.42. The van der Waals surface area contributed by atoms with Crippen LogP contribution in [0.1, 0.15) is 29.2 Å². The molecule has 0 bridgehead atoms. The van der Waals surface area contributed by atoms with Gasteiger partial charge < -0.3 is 5.11 Å². The van der Waals surface area contributed by atoms with Gasteiger partial charge in [0.15, 0.2) is 0 Å². The molecule has 1 aromatic carbocycles. The molecular weight excluding hydrogens is 266 g/mol. The average molecular weight is 285 g/mol. The van der Waals surface area contributed by atoms with Gasteiger partial charge in [0, 0.05) is 0 Å². The van der Waals surface area contributed by atoms with Crippen molar-refractivity contribution in [2.45, 2.75) is 45.6 Å². The molecule has 0 heterocycles. The molecule has 0 aliphatic rings. The molecule has 0 saturated carbocycles. The second kappa shape index (κ2) is 5.30. The predicted molar refractivity (Wildman–Crippen MR) is 72.8 cm³/mol. The predicted octanol–water partition coefficient (Wildman–Crippen LogP) is 1.67. The second-order valence-electron chi connectivity index (χ2n) is 4.77. The first kappa shape index (κ1) is 15.7. The van der Waals surface area contributed by atoms with Crippen molar-refractivity contribution < 1.29 is 18.3 Å². The average Bonchev–Trinajstić information content (AvgIpc) is 2.25. The molecule has 1 atom stereocenters. The van der Waals surface area contributed by atoms with Crippen LogP contribution in [0.3, 0.4) is 0 Å². The Kier molecular flexibility index (Phi) is 4.37. The van der Waals surface area contributed by atoms with Crippen LogP contribution in [-0.4, -0.2) is 25.5 Å². The minimum Gasteiger partial charge on any atom is -0.480 e. The summed E-state index contributed by atoms with van der Waals surface area (Å²) in [6, 6.07) is 0.759. The maximum absolute atomic E-state index is 12.3. The van der Waals surface area contributed by atoms with Crippen LogP contribution >= 0.6 is 0 Å². The fourth-order valence-corrected chi connectivity index (χ4v) is 3.74. The van der Waals surface area contributed by atoms with Crippen molar-refractivity contribution in [3.8, 4) is 0 Å². The molecule has 2 N–H and O–H groups in total. The van der Waals surface area contributed by atoms with Crippen molar-refractivity contribution in [1.29, 1.82) is 0 Å². The Bertz CT molecular complexity index is 594. The molecular formula is C13H19NO4S. The van der Waals surface area contributed by atoms with Gasteiger partial charge in [0.2, 0.25) is 10.0 Å². The molecule has 5 nitrogen and oxygen atoms in total. The third kappa shape index (κ3) is 3.13. The molecule has 1 aromatic rings. The van der Waals surface area contributed by atoms with E-state index >= 15 is 0 Å². The molecule has 1 rings (SSSR count). The first-order valence-corrected chi connectivity index (χ1v) is 7.38. The number of hydrogen-bond donors (Lipinski definition) is 2. The molecule has 6 heteroatoms. The Labute approximate surface area is 113 Å². The van der Waals surface area contributed by atoms with E-state index in [0.29, 0.717) is 11.1 Å². The van der Waals surface area contributed by atoms with Gasteiger partial charge in [-0.1, -0.05) is 6.07 Å². The molecule has 106 valence electrons. The van der Waals surface area contributed by atoms with Crippen LogP contribution in [0.2, 0.25) is 0 Å². The van der Waals surface area contributed by atoms with E-state index in [1.807, 2.05) is 19.9 Å². The molecule has 0 spiro atoms. The molecule has 0 radical (unpaired) electrons. The molecule has 0 aliphatic carbocycles. The highest BCUT2D eigenvalue weighted by molar-refractivity contribution is 7.89. The van der Waals surface area contributed by atoms with Crippen molar-refractivity contribution in [3.63, 3.8) is 0 Å². The lowest BCUT2D eigenvalue weighted by molar-refractivity contribution is -0.138. The molecule has 0 amide bonds. The first-order chi connectivity index (χ1) is 8.58. The third-order valence-electron chi connectivity index (χ3n) is 3.27. The van der Waals surface area contributed by atoms with E-state index in [2.05, 4.69) is 4.72 Å². The number of carboxylic acids is 1. The number of aryl methyl sites for hydroxylation is 2. The number of sulfonamides is 1. The zero-order chi connectivity index (χ0) is 15.0. The lowest BCUT2D eigenvalue weighted by atomic mass is 10.0. The smallest absolute Gasteiger partial charge is 0.321 e. The highest BCUT2D eigenvalue weighted by Gasteiger charge is 2.26. The molecule has 0 aliphatic heterocycles. The van der Waals surface area contributed by atoms with Gasteiger partial charge in [0.25, 0.3) is 0 Å². The van der Waals surface area contributed by atoms with Crippen molar-refractivity contribution in [1.82, 2.24) is 4.72 Å². The number of aliphatic carboxylic acids is 1. The SMILES string of the molecule is Cc1cc(C)c(C)c(S(=O)(=O)N[C@@H](C)C(=O)O)c1C. The number of rotatable bonds is 4. The zero-order valence-corrected chi connectivity index (χ0v) is 12.6. The van der Waals surface area contributed by atoms with Gasteiger partial charge in [-0.3, -0.25) is 4.79 Å². The maximum Gasteiger partial charge on any atom is 0.321 e. The van der Waals surface area contributed by atoms with Crippen LogP contribution < -0.4 is 4.72 Å². The topological polar surface area (TPSA) is 83.5 Å². The highest BCUT2D eigenvalue weighted by atomic mass is 32.2. The number of carboxylic acid groups (broad SMARTS) is 1. The summed E-state index contributed by atoms with van der Waals surface area (Å²) in [5, 5.41) is 8.81. The van der Waals surface area contributed by atoms with Gasteiger partial charge in [0.1, 0.15) is 6.04 Å². The van der Waals surface area contributed by atoms with Crippen molar-refractivity contribution in [3.05, 3.63) is 28.3 Å². The van der Waals surface area contributed by atoms with Crippen LogP contribution in [0.15, 0.2) is 11.0 Å². The maximum atomic E-state index is 12.3. The van der Waals surface area contributed by atoms with Gasteiger partial charge in [-0.2, -0.15) is 4.72 Å². The highest BCUT2D eigenvalue weighted by Crippen LogP contribution is 2.26. The summed E-state index contributed by atoms with van der Waals surface area (Å²) >= 11 is 0. The summed E-state index contributed by atoms with van der Waals surface area (Å²) in [4.78, 5) is 11.0. The van der Waals surface area contributed by atoms with Gasteiger partial charge in [0.05, 0.1) is 4.90 Å². The summed E-state index contributed by atoms with van der Waals surface area (Å²) in [6.45, 7) is 8.42. The number of nitrogens with one attached hydrogen (secondary N) is 1. The summed E-state index contributed by atoms with van der Waals surface area (Å²) < 4.78 is 26.8. The van der Waals surface area contributed by atoms with Crippen molar-refractivity contribution in [2.75, 3.05) is 0 Å². The molecule has 0 fully saturated rings. The Morgan fingerprint density at radius 1 is 1.16 bits per heavy atom. The molecule has 0 unspecified atom stereocenters. The van der Waals surface area contributed by atoms with Crippen LogP contribution in [0.5, 0.6) is 0 Å². The molecule has 19 heavy (non-hydrogen) atoms. The number of carbonyl (C=O) groups is 1. The Balaban J connectivity index is 3.41. The van der Waals surface area contributed by atoms with Crippen molar-refractivity contribution in [2.24, 2.45) is 0 Å². The Morgan fingerprint density at radius 2 is 1.58 bits per heavy atom. The summed E-state index contributed by atoms with van der Waals surface area (Å²) in [7, 11) is -3.84. The standard InChI is InChI=1S/C13H19NO4S/c1-7-6-8(2)10(4)12(9(7)3)19(17,18)14-11(5)13(15)16/h6,11,14H,1-5H3,(H,15,16)/t11-/m0/s1. The van der Waals surface area contributed by atoms with E-state index in [4.69, 9.17) is 5.11 Å². The van der Waals surface area contributed by atoms with E-state index < -0.39 is 22.0 Å². The number of hydrogen-bond acceptors (Lipinski definition) is 3. The van der Waals surface area contributed by atoms with Crippen LogP contribution in [0.25, 0.3) is 0 Å². The zero-order valence-electron chi connectivity index (χ0n) is 11.7. The minimum absolute atomic E-state index is 0.179. The van der Waals surface area contributed by atoms with E-state index in [1.54, 1.807) is 13.8 Å². The van der Waals surface area contributed by atoms with Gasteiger partial charge >= 0.3 is 5.97 Å². The Hall–Kier alpha value is -1.40. The fourth-order valence-electron chi connectivity index (χ4n) is 1.93. The Morgan fingerprint density at radius 3 is 1.95 bits per heavy atom. The normalized spacial score (nSPS) is 13.3. The monoisotopic (exact) mass is 285 g/mol. The van der Waals surface area contributed by atoms with E-state index in [1.165, 1.54) is 6.92 Å². The van der Waals surface area contributed by atoms with Gasteiger partial charge in [-0.05, 0) is 56.9 Å². The summed E-state index contributed by atoms with van der Waals surface area (Å²) in [5.74, 6) is -1.21. The summed E-state index contributed by atoms with van der Waals surface area (Å²) in [5.41, 5.74) is 3.03. The van der Waals surface area contributed by atoms with Crippen LogP contribution in [-0.2, 0) is 14.8 Å². The lowest BCUT2D eigenvalue weighted by Crippen LogP contribution is -2.39. The molecule has 0 saturated heterocycles. The van der Waals surface area contributed by atoms with Crippen LogP contribution in [0.4, 0.5) is 0 Å². The van der Waals surface area contributed by atoms with E-state index in [-0.39, 0.29) is 4.90 Å². The fraction of sp³-hybridized carbons (Fsp3) is 0.462. The van der Waals surface area contributed by atoms with Crippen LogP contribution in [0, 0.1) is 27.7 Å². The number of benzene rings is 1. The van der Waals surface area contributed by atoms with Gasteiger partial charge in [-0.25, -0.2) is 8.42 Å². The summed E-state index contributed by atoms with van der Waals surface area (Å²) in [6.07, 6.45) is 0. The van der Waals surface area contributed by atoms with Gasteiger partial charge in [-0.15, -0.1) is 0 Å². The molecule has 0 aromatic heterocycles. The van der Waals surface area contributed by atoms with Crippen molar-refractivity contribution >= 4 is 16.0 Å². The quantitative estimate of drug-likeness (QED) is 0.881. The first-order valence-electron chi connectivity index (χ1n) is 5.90. The lowest BCUT2D eigenvalue weighted by Gasteiger charge is -2.17. The van der Waals surface area contributed by atoms with E-state index in [0.717, 1.165) is 11.1 Å². The van der Waals surface area contributed by atoms with E-state index in [9.17, 15) is 13.2 Å². The largest absolute Gasteiger partial charge is 0.480 e. The third-order valence-corrected chi connectivity index (χ3v) is 5.08.